The van der Waals surface area contributed by atoms with Crippen molar-refractivity contribution in [1.82, 2.24) is 18.3 Å². The third-order valence-electron chi connectivity index (χ3n) is 15.6. The molecule has 11 aromatic carbocycles. The molecule has 0 aliphatic carbocycles. The first kappa shape index (κ1) is 44.8. The Bertz CT molecular complexity index is 5100. The topological polar surface area (TPSA) is 67.3 Å². The molecule has 0 aliphatic heterocycles. The minimum Gasteiger partial charge on any atom is -0.309 e. The summed E-state index contributed by atoms with van der Waals surface area (Å²) in [7, 11) is 0. The predicted octanol–water partition coefficient (Wildman–Crippen LogP) is 18.2. The smallest absolute Gasteiger partial charge is 0.309 e. The number of fused-ring (bicyclic) bond motifs is 14. The van der Waals surface area contributed by atoms with Crippen LogP contribution in [0.5, 0.6) is 0 Å². The van der Waals surface area contributed by atoms with Gasteiger partial charge in [0.25, 0.3) is 0 Å². The number of para-hydroxylation sites is 6. The highest BCUT2D eigenvalue weighted by molar-refractivity contribution is 6.28. The number of aromatic nitrogens is 4. The molecule has 0 spiro atoms. The summed E-state index contributed by atoms with van der Waals surface area (Å²) in [5.74, 6) is 0. The third kappa shape index (κ3) is 6.49. The Morgan fingerprint density at radius 3 is 1.22 bits per heavy atom. The first-order valence-electron chi connectivity index (χ1n) is 25.6. The summed E-state index contributed by atoms with van der Waals surface area (Å²) in [6.45, 7) is 0. The van der Waals surface area contributed by atoms with Crippen LogP contribution in [0.1, 0.15) is 16.7 Å². The van der Waals surface area contributed by atoms with Gasteiger partial charge >= 0.3 is 6.18 Å². The molecule has 0 radical (unpaired) electrons. The molecule has 6 nitrogen and oxygen atoms in total. The number of hydrogen-bond donors (Lipinski definition) is 0. The number of nitrogens with zero attached hydrogens (tertiary/aromatic N) is 6. The van der Waals surface area contributed by atoms with E-state index >= 15 is 13.2 Å². The van der Waals surface area contributed by atoms with Crippen LogP contribution in [-0.2, 0) is 6.18 Å². The fourth-order valence-corrected chi connectivity index (χ4v) is 12.5. The summed E-state index contributed by atoms with van der Waals surface area (Å²) in [5, 5.41) is 29.1. The van der Waals surface area contributed by atoms with E-state index in [2.05, 4.69) is 146 Å². The van der Waals surface area contributed by atoms with Crippen molar-refractivity contribution >= 4 is 87.2 Å². The molecular formula is C69H39F3N6. The number of nitriles is 2. The molecule has 0 bridgehead atoms. The number of rotatable bonds is 6. The Morgan fingerprint density at radius 1 is 0.321 bits per heavy atom. The summed E-state index contributed by atoms with van der Waals surface area (Å²) in [4.78, 5) is 0. The summed E-state index contributed by atoms with van der Waals surface area (Å²) < 4.78 is 55.0. The van der Waals surface area contributed by atoms with Gasteiger partial charge in [0.15, 0.2) is 0 Å². The van der Waals surface area contributed by atoms with Crippen molar-refractivity contribution in [3.05, 3.63) is 253 Å². The van der Waals surface area contributed by atoms with Crippen molar-refractivity contribution in [3.8, 4) is 57.1 Å². The fraction of sp³-hybridized carbons (Fsp3) is 0.0145. The van der Waals surface area contributed by atoms with Gasteiger partial charge < -0.3 is 18.3 Å². The van der Waals surface area contributed by atoms with Gasteiger partial charge in [-0.15, -0.1) is 0 Å². The van der Waals surface area contributed by atoms with Crippen molar-refractivity contribution in [2.45, 2.75) is 6.18 Å². The van der Waals surface area contributed by atoms with Crippen LogP contribution in [0.3, 0.4) is 0 Å². The monoisotopic (exact) mass is 1010 g/mol. The Balaban J connectivity index is 1.09. The molecule has 0 aliphatic rings. The van der Waals surface area contributed by atoms with Gasteiger partial charge in [-0.3, -0.25) is 0 Å². The lowest BCUT2D eigenvalue weighted by atomic mass is 9.92. The molecule has 0 saturated heterocycles. The molecular weight excluding hydrogens is 970 g/mol. The van der Waals surface area contributed by atoms with Gasteiger partial charge in [-0.2, -0.15) is 23.7 Å². The summed E-state index contributed by atoms with van der Waals surface area (Å²) in [6, 6.07) is 82.0. The van der Waals surface area contributed by atoms with Crippen LogP contribution in [0.25, 0.3) is 132 Å². The normalized spacial score (nSPS) is 12.0. The largest absolute Gasteiger partial charge is 0.417 e. The number of halogens is 3. The summed E-state index contributed by atoms with van der Waals surface area (Å²) in [6.07, 6.45) is -4.78. The van der Waals surface area contributed by atoms with Gasteiger partial charge in [0.2, 0.25) is 0 Å². The van der Waals surface area contributed by atoms with Crippen LogP contribution in [0.15, 0.2) is 237 Å². The van der Waals surface area contributed by atoms with Crippen molar-refractivity contribution in [2.24, 2.45) is 0 Å². The average molecular weight is 1010 g/mol. The van der Waals surface area contributed by atoms with Crippen LogP contribution in [0.4, 0.5) is 13.2 Å². The maximum atomic E-state index is 15.3. The van der Waals surface area contributed by atoms with Crippen molar-refractivity contribution in [3.63, 3.8) is 0 Å². The molecule has 15 rings (SSSR count). The molecule has 4 aromatic heterocycles. The third-order valence-corrected chi connectivity index (χ3v) is 15.6. The van der Waals surface area contributed by atoms with E-state index in [1.54, 1.807) is 6.07 Å². The minimum absolute atomic E-state index is 0.0726. The highest BCUT2D eigenvalue weighted by Crippen LogP contribution is 2.48. The molecule has 0 unspecified atom stereocenters. The first-order valence-corrected chi connectivity index (χ1v) is 25.6. The maximum absolute atomic E-state index is 15.3. The van der Waals surface area contributed by atoms with Crippen LogP contribution in [0.2, 0.25) is 0 Å². The SMILES string of the molecule is N#Cc1ccc(-n2c3ccccc3c3c2ccc2c4ccccc4n(-c4ccccc4)c23)c(-c2cc(-c3ccc(C#N)cc3C(F)(F)F)ccc2-n2c3ccccc3c3c2ccc2c4ccccc4n(-c4ccccc4)c23)c1. The summed E-state index contributed by atoms with van der Waals surface area (Å²) >= 11 is 0. The maximum Gasteiger partial charge on any atom is 0.417 e. The second-order valence-corrected chi connectivity index (χ2v) is 19.7. The van der Waals surface area contributed by atoms with E-state index < -0.39 is 11.7 Å². The highest BCUT2D eigenvalue weighted by Gasteiger charge is 2.35. The highest BCUT2D eigenvalue weighted by atomic mass is 19.4. The number of alkyl halides is 3. The molecule has 9 heteroatoms. The standard InChI is InChI=1S/C69H39F3N6/c70-69(71,72)56-38-43(41-74)27-30-47(56)44-29-34-62(78-60-26-14-10-22-53(60)66-64(78)36-32-51-49-20-8-12-24-58(49)76(68(51)66)46-17-5-2-6-18-46)55(39-44)54-37-42(40-73)28-33-61(54)77-59-25-13-9-21-52(59)65-63(77)35-31-50-48-19-7-11-23-57(48)75(67(50)65)45-15-3-1-4-16-45/h1-39H. The molecule has 366 valence electrons. The van der Waals surface area contributed by atoms with Gasteiger partial charge in [0.1, 0.15) is 0 Å². The zero-order chi connectivity index (χ0) is 52.4. The summed E-state index contributed by atoms with van der Waals surface area (Å²) in [5.41, 5.74) is 12.0. The van der Waals surface area contributed by atoms with Gasteiger partial charge in [-0.05, 0) is 114 Å². The van der Waals surface area contributed by atoms with Crippen LogP contribution in [-0.4, -0.2) is 18.3 Å². The van der Waals surface area contributed by atoms with E-state index in [0.29, 0.717) is 27.9 Å². The molecule has 0 fully saturated rings. The van der Waals surface area contributed by atoms with Gasteiger partial charge in [-0.25, -0.2) is 0 Å². The Hall–Kier alpha value is -10.6. The quantitative estimate of drug-likeness (QED) is 0.167. The lowest BCUT2D eigenvalue weighted by Crippen LogP contribution is -2.08. The zero-order valence-corrected chi connectivity index (χ0v) is 41.3. The second-order valence-electron chi connectivity index (χ2n) is 19.7. The molecule has 15 aromatic rings. The first-order chi connectivity index (χ1) is 38.3. The van der Waals surface area contributed by atoms with Crippen LogP contribution < -0.4 is 0 Å². The molecule has 0 amide bonds. The second kappa shape index (κ2) is 17.0. The Labute approximate surface area is 443 Å². The Kier molecular flexibility index (Phi) is 9.75. The van der Waals surface area contributed by atoms with Crippen LogP contribution >= 0.6 is 0 Å². The Morgan fingerprint density at radius 2 is 0.731 bits per heavy atom. The molecule has 4 heterocycles. The number of benzene rings is 11. The van der Waals surface area contributed by atoms with E-state index in [0.717, 1.165) is 110 Å². The van der Waals surface area contributed by atoms with E-state index in [4.69, 9.17) is 0 Å². The minimum atomic E-state index is -4.78. The lowest BCUT2D eigenvalue weighted by molar-refractivity contribution is -0.137. The lowest BCUT2D eigenvalue weighted by Gasteiger charge is -2.21. The van der Waals surface area contributed by atoms with E-state index in [-0.39, 0.29) is 11.1 Å². The molecule has 78 heavy (non-hydrogen) atoms. The number of hydrogen-bond acceptors (Lipinski definition) is 2. The van der Waals surface area contributed by atoms with Crippen molar-refractivity contribution in [2.75, 3.05) is 0 Å². The predicted molar refractivity (Wildman–Crippen MR) is 309 cm³/mol. The van der Waals surface area contributed by atoms with Crippen molar-refractivity contribution < 1.29 is 13.2 Å². The van der Waals surface area contributed by atoms with Crippen LogP contribution in [0, 0.1) is 22.7 Å². The van der Waals surface area contributed by atoms with E-state index in [9.17, 15) is 10.5 Å². The van der Waals surface area contributed by atoms with E-state index in [1.165, 1.54) is 12.1 Å². The molecule has 0 N–H and O–H groups in total. The fourth-order valence-electron chi connectivity index (χ4n) is 12.5. The molecule has 0 atom stereocenters. The van der Waals surface area contributed by atoms with Gasteiger partial charge in [-0.1, -0.05) is 133 Å². The molecule has 0 saturated carbocycles. The van der Waals surface area contributed by atoms with Crippen molar-refractivity contribution in [1.29, 1.82) is 10.5 Å². The average Bonchev–Trinajstić information content (AvgIpc) is 4.33. The van der Waals surface area contributed by atoms with Gasteiger partial charge in [0, 0.05) is 65.6 Å². The van der Waals surface area contributed by atoms with E-state index in [1.807, 2.05) is 97.1 Å². The zero-order valence-electron chi connectivity index (χ0n) is 41.3. The van der Waals surface area contributed by atoms with Gasteiger partial charge in [0.05, 0.1) is 84.3 Å².